The molecule has 0 radical (unpaired) electrons. The number of likely N-dealkylation sites (tertiary alicyclic amines) is 1. The van der Waals surface area contributed by atoms with Gasteiger partial charge in [-0.2, -0.15) is 8.42 Å². The van der Waals surface area contributed by atoms with Crippen LogP contribution in [0.4, 0.5) is 10.5 Å². The minimum atomic E-state index is -3.81. The van der Waals surface area contributed by atoms with Gasteiger partial charge < -0.3 is 20.7 Å². The van der Waals surface area contributed by atoms with Gasteiger partial charge in [-0.15, -0.1) is 4.40 Å². The zero-order valence-corrected chi connectivity index (χ0v) is 15.4. The van der Waals surface area contributed by atoms with Gasteiger partial charge in [-0.3, -0.25) is 4.72 Å². The number of nitrogens with one attached hydrogen (secondary N) is 2. The smallest absolute Gasteiger partial charge is 0.344 e. The lowest BCUT2D eigenvalue weighted by molar-refractivity contribution is 0.138. The summed E-state index contributed by atoms with van der Waals surface area (Å²) in [6.07, 6.45) is 1.88. The van der Waals surface area contributed by atoms with Crippen molar-refractivity contribution in [3.05, 3.63) is 23.8 Å². The number of fused-ring (bicyclic) bond motifs is 1. The van der Waals surface area contributed by atoms with Crippen molar-refractivity contribution in [2.45, 2.75) is 19.8 Å². The van der Waals surface area contributed by atoms with Crippen LogP contribution in [0.2, 0.25) is 0 Å². The molecule has 0 saturated carbocycles. The largest absolute Gasteiger partial charge is 0.492 e. The number of hydrogen-bond donors (Lipinski definition) is 3. The lowest BCUT2D eigenvalue weighted by Gasteiger charge is -2.32. The second kappa shape index (κ2) is 7.40. The maximum Gasteiger partial charge on any atom is 0.344 e. The van der Waals surface area contributed by atoms with E-state index in [0.717, 1.165) is 19.4 Å². The second-order valence-corrected chi connectivity index (χ2v) is 7.67. The van der Waals surface area contributed by atoms with Crippen molar-refractivity contribution in [3.63, 3.8) is 0 Å². The Bertz CT molecular complexity index is 824. The number of nitrogens with zero attached hydrogens (tertiary/aromatic N) is 2. The summed E-state index contributed by atoms with van der Waals surface area (Å²) >= 11 is 0. The van der Waals surface area contributed by atoms with E-state index in [1.54, 1.807) is 23.1 Å². The number of amides is 2. The molecule has 3 rings (SSSR count). The maximum atomic E-state index is 12.0. The van der Waals surface area contributed by atoms with Crippen molar-refractivity contribution in [1.29, 1.82) is 0 Å². The predicted molar refractivity (Wildman–Crippen MR) is 98.6 cm³/mol. The quantitative estimate of drug-likeness (QED) is 0.714. The summed E-state index contributed by atoms with van der Waals surface area (Å²) in [7, 11) is -3.81. The van der Waals surface area contributed by atoms with Gasteiger partial charge >= 0.3 is 16.2 Å². The number of nitrogens with two attached hydrogens (primary N) is 1. The molecule has 0 bridgehead atoms. The number of urea groups is 1. The van der Waals surface area contributed by atoms with E-state index in [1.807, 2.05) is 6.92 Å². The predicted octanol–water partition coefficient (Wildman–Crippen LogP) is 0.883. The molecule has 1 aromatic carbocycles. The normalized spacial score (nSPS) is 21.2. The van der Waals surface area contributed by atoms with E-state index in [1.165, 1.54) is 0 Å². The van der Waals surface area contributed by atoms with E-state index in [0.29, 0.717) is 36.7 Å². The van der Waals surface area contributed by atoms with Gasteiger partial charge in [0, 0.05) is 25.6 Å². The molecule has 1 fully saturated rings. The van der Waals surface area contributed by atoms with E-state index in [4.69, 9.17) is 10.5 Å². The van der Waals surface area contributed by atoms with Crippen LogP contribution in [-0.2, 0) is 10.2 Å². The number of carbonyl (C=O) groups is 1. The van der Waals surface area contributed by atoms with E-state index >= 15 is 0 Å². The Morgan fingerprint density at radius 1 is 1.50 bits per heavy atom. The van der Waals surface area contributed by atoms with Crippen molar-refractivity contribution in [2.24, 2.45) is 16.0 Å². The highest BCUT2D eigenvalue weighted by Gasteiger charge is 2.26. The number of amidine groups is 1. The Morgan fingerprint density at radius 2 is 2.31 bits per heavy atom. The number of benzene rings is 1. The molecule has 2 aliphatic heterocycles. The Labute approximate surface area is 152 Å². The molecule has 0 unspecified atom stereocenters. The van der Waals surface area contributed by atoms with Crippen LogP contribution in [0.5, 0.6) is 5.75 Å². The maximum absolute atomic E-state index is 12.0. The third-order valence-corrected chi connectivity index (χ3v) is 5.26. The van der Waals surface area contributed by atoms with Crippen LogP contribution in [0.1, 0.15) is 25.3 Å². The highest BCUT2D eigenvalue weighted by atomic mass is 32.2. The fraction of sp³-hybridized carbons (Fsp3) is 0.500. The molecule has 0 spiro atoms. The Kier molecular flexibility index (Phi) is 5.21. The van der Waals surface area contributed by atoms with E-state index in [-0.39, 0.29) is 17.8 Å². The summed E-state index contributed by atoms with van der Waals surface area (Å²) in [6.45, 7) is 4.26. The third kappa shape index (κ3) is 4.01. The van der Waals surface area contributed by atoms with Crippen LogP contribution in [0.15, 0.2) is 22.6 Å². The minimum Gasteiger partial charge on any atom is -0.492 e. The van der Waals surface area contributed by atoms with Gasteiger partial charge in [0.15, 0.2) is 5.84 Å². The number of carbonyl (C=O) groups excluding carboxylic acids is 1. The molecule has 4 N–H and O–H groups in total. The first-order valence-electron chi connectivity index (χ1n) is 8.56. The zero-order chi connectivity index (χ0) is 18.7. The van der Waals surface area contributed by atoms with Crippen molar-refractivity contribution in [1.82, 2.24) is 10.2 Å². The zero-order valence-electron chi connectivity index (χ0n) is 14.6. The summed E-state index contributed by atoms with van der Waals surface area (Å²) in [6, 6.07) is 4.97. The van der Waals surface area contributed by atoms with Gasteiger partial charge in [-0.1, -0.05) is 6.07 Å². The van der Waals surface area contributed by atoms with E-state index in [9.17, 15) is 13.2 Å². The molecular formula is C16H23N5O4S. The molecule has 1 atom stereocenters. The van der Waals surface area contributed by atoms with Crippen LogP contribution in [-0.4, -0.2) is 51.4 Å². The Hall–Kier alpha value is -2.49. The standard InChI is InChI=1S/C16H23N5O4S/c1-2-18-16(22)21-8-4-5-11(9-21)10-25-13-7-3-6-12-14(13)15(17)20-26(23,24)19-12/h3,6-7,11,19H,2,4-5,8-10H2,1H3,(H2,17,20)(H,18,22)/t11-/m1/s1. The SMILES string of the molecule is CCNC(=O)N1CCC[C@@H](COc2cccc3c2C(N)=NS(=O)(=O)N3)C1. The number of rotatable bonds is 4. The molecule has 10 heteroatoms. The molecule has 9 nitrogen and oxygen atoms in total. The molecule has 2 amide bonds. The average Bonchev–Trinajstić information content (AvgIpc) is 2.59. The molecular weight excluding hydrogens is 358 g/mol. The van der Waals surface area contributed by atoms with E-state index < -0.39 is 10.2 Å². The monoisotopic (exact) mass is 381 g/mol. The summed E-state index contributed by atoms with van der Waals surface area (Å²) in [4.78, 5) is 13.8. The fourth-order valence-corrected chi connectivity index (χ4v) is 4.04. The molecule has 26 heavy (non-hydrogen) atoms. The summed E-state index contributed by atoms with van der Waals surface area (Å²) in [5.74, 6) is 0.573. The van der Waals surface area contributed by atoms with Gasteiger partial charge in [0.2, 0.25) is 0 Å². The number of anilines is 1. The van der Waals surface area contributed by atoms with Crippen molar-refractivity contribution in [3.8, 4) is 5.75 Å². The first-order valence-corrected chi connectivity index (χ1v) is 10.0. The topological polar surface area (TPSA) is 126 Å². The lowest BCUT2D eigenvalue weighted by Crippen LogP contribution is -2.46. The van der Waals surface area contributed by atoms with Gasteiger partial charge in [0.1, 0.15) is 5.75 Å². The van der Waals surface area contributed by atoms with Crippen LogP contribution in [0, 0.1) is 5.92 Å². The van der Waals surface area contributed by atoms with Gasteiger partial charge in [-0.05, 0) is 31.9 Å². The number of ether oxygens (including phenoxy) is 1. The fourth-order valence-electron chi connectivity index (χ4n) is 3.19. The Balaban J connectivity index is 1.69. The molecule has 0 aliphatic carbocycles. The summed E-state index contributed by atoms with van der Waals surface area (Å²) in [5, 5.41) is 2.81. The second-order valence-electron chi connectivity index (χ2n) is 6.33. The van der Waals surface area contributed by atoms with Gasteiger partial charge in [0.25, 0.3) is 0 Å². The highest BCUT2D eigenvalue weighted by Crippen LogP contribution is 2.31. The van der Waals surface area contributed by atoms with Crippen LogP contribution >= 0.6 is 0 Å². The first-order chi connectivity index (χ1) is 12.4. The van der Waals surface area contributed by atoms with Crippen molar-refractivity contribution < 1.29 is 17.9 Å². The molecule has 142 valence electrons. The lowest BCUT2D eigenvalue weighted by atomic mass is 9.99. The van der Waals surface area contributed by atoms with Gasteiger partial charge in [-0.25, -0.2) is 4.79 Å². The minimum absolute atomic E-state index is 0.0555. The van der Waals surface area contributed by atoms with Crippen molar-refractivity contribution in [2.75, 3.05) is 31.0 Å². The molecule has 2 aliphatic rings. The number of hydrogen-bond acceptors (Lipinski definition) is 5. The Morgan fingerprint density at radius 3 is 3.08 bits per heavy atom. The summed E-state index contributed by atoms with van der Waals surface area (Å²) < 4.78 is 35.0. The van der Waals surface area contributed by atoms with Crippen LogP contribution < -0.4 is 20.5 Å². The van der Waals surface area contributed by atoms with E-state index in [2.05, 4.69) is 14.4 Å². The first kappa shape index (κ1) is 18.3. The van der Waals surface area contributed by atoms with Gasteiger partial charge in [0.05, 0.1) is 17.9 Å². The molecule has 2 heterocycles. The third-order valence-electron chi connectivity index (χ3n) is 4.35. The summed E-state index contributed by atoms with van der Waals surface area (Å²) in [5.41, 5.74) is 6.61. The highest BCUT2D eigenvalue weighted by molar-refractivity contribution is 7.91. The van der Waals surface area contributed by atoms with Crippen molar-refractivity contribution >= 4 is 27.8 Å². The molecule has 1 saturated heterocycles. The number of piperidine rings is 1. The molecule has 0 aromatic heterocycles. The van der Waals surface area contributed by atoms with Crippen LogP contribution in [0.25, 0.3) is 0 Å². The van der Waals surface area contributed by atoms with Crippen LogP contribution in [0.3, 0.4) is 0 Å². The average molecular weight is 381 g/mol. The molecule has 1 aromatic rings.